The maximum absolute atomic E-state index is 7.63. The van der Waals surface area contributed by atoms with Crippen LogP contribution in [0.2, 0.25) is 5.02 Å². The van der Waals surface area contributed by atoms with Crippen molar-refractivity contribution in [3.8, 4) is 0 Å². The Labute approximate surface area is 122 Å². The molecule has 0 aliphatic heterocycles. The van der Waals surface area contributed by atoms with Gasteiger partial charge in [0.1, 0.15) is 0 Å². The fraction of sp³-hybridized carbons (Fsp3) is 0.417. The standard InChI is InChI=1S/C12H16ClN5S/c13-9-5-2-6-16-10(9)7-18(11(14)15)12(19)17-8-3-1-4-8/h2,5-6,8H,1,3-4,7H2,(H3,14,15)(H,17,19). The average molecular weight is 298 g/mol. The molecule has 0 atom stereocenters. The third-order valence-electron chi connectivity index (χ3n) is 3.11. The molecule has 0 radical (unpaired) electrons. The van der Waals surface area contributed by atoms with Gasteiger partial charge in [-0.2, -0.15) is 0 Å². The van der Waals surface area contributed by atoms with Crippen molar-refractivity contribution in [3.05, 3.63) is 29.0 Å². The third-order valence-corrected chi connectivity index (χ3v) is 3.79. The number of rotatable bonds is 3. The van der Waals surface area contributed by atoms with Gasteiger partial charge in [-0.3, -0.25) is 15.3 Å². The summed E-state index contributed by atoms with van der Waals surface area (Å²) in [5, 5.41) is 11.8. The number of hydrogen-bond acceptors (Lipinski definition) is 3. The monoisotopic (exact) mass is 297 g/mol. The number of nitrogens with one attached hydrogen (secondary N) is 2. The normalized spacial score (nSPS) is 14.6. The number of guanidine groups is 1. The van der Waals surface area contributed by atoms with Gasteiger partial charge in [0.05, 0.1) is 17.3 Å². The second kappa shape index (κ2) is 6.16. The second-order valence-electron chi connectivity index (χ2n) is 4.48. The van der Waals surface area contributed by atoms with Crippen molar-refractivity contribution >= 4 is 34.9 Å². The number of nitrogens with zero attached hydrogens (tertiary/aromatic N) is 2. The molecule has 0 amide bonds. The topological polar surface area (TPSA) is 78.0 Å². The molecule has 1 aromatic rings. The third kappa shape index (κ3) is 3.54. The number of nitrogens with two attached hydrogens (primary N) is 1. The summed E-state index contributed by atoms with van der Waals surface area (Å²) in [4.78, 5) is 5.68. The first-order valence-electron chi connectivity index (χ1n) is 6.09. The Balaban J connectivity index is 2.05. The minimum atomic E-state index is -0.112. The Kier molecular flexibility index (Phi) is 4.55. The molecule has 0 unspecified atom stereocenters. The largest absolute Gasteiger partial charge is 0.370 e. The van der Waals surface area contributed by atoms with Crippen LogP contribution in [0.1, 0.15) is 25.0 Å². The van der Waals surface area contributed by atoms with Crippen LogP contribution < -0.4 is 11.1 Å². The molecular weight excluding hydrogens is 282 g/mol. The van der Waals surface area contributed by atoms with Gasteiger partial charge in [-0.15, -0.1) is 0 Å². The maximum atomic E-state index is 7.63. The molecule has 7 heteroatoms. The molecule has 0 aromatic carbocycles. The number of pyridine rings is 1. The van der Waals surface area contributed by atoms with E-state index in [2.05, 4.69) is 10.3 Å². The summed E-state index contributed by atoms with van der Waals surface area (Å²) >= 11 is 11.4. The second-order valence-corrected chi connectivity index (χ2v) is 5.27. The minimum Gasteiger partial charge on any atom is -0.370 e. The van der Waals surface area contributed by atoms with Crippen molar-refractivity contribution in [2.24, 2.45) is 5.73 Å². The molecular formula is C12H16ClN5S. The van der Waals surface area contributed by atoms with Crippen LogP contribution in [0.3, 0.4) is 0 Å². The van der Waals surface area contributed by atoms with Gasteiger partial charge in [0.25, 0.3) is 0 Å². The van der Waals surface area contributed by atoms with Crippen LogP contribution in [0.4, 0.5) is 0 Å². The molecule has 1 saturated carbocycles. The first-order valence-corrected chi connectivity index (χ1v) is 6.88. The van der Waals surface area contributed by atoms with Gasteiger partial charge in [-0.25, -0.2) is 0 Å². The van der Waals surface area contributed by atoms with Gasteiger partial charge in [0.15, 0.2) is 11.1 Å². The van der Waals surface area contributed by atoms with Gasteiger partial charge in [-0.05, 0) is 43.6 Å². The molecule has 102 valence electrons. The fourth-order valence-corrected chi connectivity index (χ4v) is 2.27. The Bertz CT molecular complexity index is 489. The highest BCUT2D eigenvalue weighted by Gasteiger charge is 2.22. The SMILES string of the molecule is N=C(N)N(Cc1ncccc1Cl)C(=S)NC1CCC1. The molecule has 5 nitrogen and oxygen atoms in total. The van der Waals surface area contributed by atoms with Crippen molar-refractivity contribution in [2.75, 3.05) is 0 Å². The van der Waals surface area contributed by atoms with Crippen LogP contribution in [-0.4, -0.2) is 27.0 Å². The summed E-state index contributed by atoms with van der Waals surface area (Å²) in [6.45, 7) is 0.299. The molecule has 1 aromatic heterocycles. The molecule has 0 spiro atoms. The smallest absolute Gasteiger partial charge is 0.195 e. The highest BCUT2D eigenvalue weighted by atomic mass is 35.5. The van der Waals surface area contributed by atoms with E-state index < -0.39 is 0 Å². The Morgan fingerprint density at radius 1 is 1.63 bits per heavy atom. The van der Waals surface area contributed by atoms with Crippen LogP contribution in [0, 0.1) is 5.41 Å². The van der Waals surface area contributed by atoms with Crippen molar-refractivity contribution in [1.29, 1.82) is 5.41 Å². The zero-order chi connectivity index (χ0) is 13.8. The quantitative estimate of drug-likeness (QED) is 0.451. The van der Waals surface area contributed by atoms with Gasteiger partial charge >= 0.3 is 0 Å². The van der Waals surface area contributed by atoms with E-state index in [0.29, 0.717) is 28.4 Å². The van der Waals surface area contributed by atoms with Crippen LogP contribution in [0.15, 0.2) is 18.3 Å². The lowest BCUT2D eigenvalue weighted by atomic mass is 9.93. The van der Waals surface area contributed by atoms with Gasteiger partial charge in [0.2, 0.25) is 0 Å². The maximum Gasteiger partial charge on any atom is 0.195 e. The number of aromatic nitrogens is 1. The predicted molar refractivity (Wildman–Crippen MR) is 80.1 cm³/mol. The van der Waals surface area contributed by atoms with E-state index in [0.717, 1.165) is 12.8 Å². The number of halogens is 1. The highest BCUT2D eigenvalue weighted by Crippen LogP contribution is 2.19. The molecule has 1 aliphatic rings. The lowest BCUT2D eigenvalue weighted by Crippen LogP contribution is -2.50. The zero-order valence-electron chi connectivity index (χ0n) is 10.4. The lowest BCUT2D eigenvalue weighted by Gasteiger charge is -2.32. The molecule has 1 aliphatic carbocycles. The Morgan fingerprint density at radius 2 is 2.37 bits per heavy atom. The van der Waals surface area contributed by atoms with E-state index in [9.17, 15) is 0 Å². The van der Waals surface area contributed by atoms with E-state index >= 15 is 0 Å². The van der Waals surface area contributed by atoms with Crippen molar-refractivity contribution in [3.63, 3.8) is 0 Å². The van der Waals surface area contributed by atoms with Crippen molar-refractivity contribution < 1.29 is 0 Å². The lowest BCUT2D eigenvalue weighted by molar-refractivity contribution is 0.373. The van der Waals surface area contributed by atoms with E-state index in [1.165, 1.54) is 11.3 Å². The van der Waals surface area contributed by atoms with Crippen molar-refractivity contribution in [2.45, 2.75) is 31.8 Å². The molecule has 0 saturated heterocycles. The Hall–Kier alpha value is -1.40. The van der Waals surface area contributed by atoms with Crippen molar-refractivity contribution in [1.82, 2.24) is 15.2 Å². The van der Waals surface area contributed by atoms with E-state index in [-0.39, 0.29) is 5.96 Å². The van der Waals surface area contributed by atoms with E-state index in [4.69, 9.17) is 35.0 Å². The van der Waals surface area contributed by atoms with Gasteiger partial charge in [-0.1, -0.05) is 11.6 Å². The molecule has 4 N–H and O–H groups in total. The van der Waals surface area contributed by atoms with E-state index in [1.807, 2.05) is 0 Å². The highest BCUT2D eigenvalue weighted by molar-refractivity contribution is 7.80. The van der Waals surface area contributed by atoms with Gasteiger partial charge in [0, 0.05) is 12.2 Å². The summed E-state index contributed by atoms with van der Waals surface area (Å²) in [5.74, 6) is -0.112. The average Bonchev–Trinajstić information content (AvgIpc) is 2.32. The first-order chi connectivity index (χ1) is 9.08. The number of thiocarbonyl (C=S) groups is 1. The van der Waals surface area contributed by atoms with Crippen LogP contribution in [0.25, 0.3) is 0 Å². The summed E-state index contributed by atoms with van der Waals surface area (Å²) in [6.07, 6.45) is 5.08. The summed E-state index contributed by atoms with van der Waals surface area (Å²) in [5.41, 5.74) is 6.23. The summed E-state index contributed by atoms with van der Waals surface area (Å²) in [7, 11) is 0. The predicted octanol–water partition coefficient (Wildman–Crippen LogP) is 1.86. The molecule has 19 heavy (non-hydrogen) atoms. The first kappa shape index (κ1) is 14.0. The Morgan fingerprint density at radius 3 is 2.89 bits per heavy atom. The van der Waals surface area contributed by atoms with Gasteiger partial charge < -0.3 is 11.1 Å². The van der Waals surface area contributed by atoms with Crippen LogP contribution in [0.5, 0.6) is 0 Å². The number of hydrogen-bond donors (Lipinski definition) is 3. The van der Waals surface area contributed by atoms with E-state index in [1.54, 1.807) is 18.3 Å². The fourth-order valence-electron chi connectivity index (χ4n) is 1.76. The van der Waals surface area contributed by atoms with Crippen LogP contribution in [-0.2, 0) is 6.54 Å². The molecule has 0 bridgehead atoms. The molecule has 2 rings (SSSR count). The molecule has 1 fully saturated rings. The summed E-state index contributed by atoms with van der Waals surface area (Å²) < 4.78 is 0. The summed E-state index contributed by atoms with van der Waals surface area (Å²) in [6, 6.07) is 3.91. The van der Waals surface area contributed by atoms with Crippen LogP contribution >= 0.6 is 23.8 Å². The molecule has 1 heterocycles. The zero-order valence-corrected chi connectivity index (χ0v) is 12.0. The minimum absolute atomic E-state index is 0.112.